The summed E-state index contributed by atoms with van der Waals surface area (Å²) >= 11 is 0. The van der Waals surface area contributed by atoms with Gasteiger partial charge in [-0.15, -0.1) is 0 Å². The van der Waals surface area contributed by atoms with Gasteiger partial charge in [-0.05, 0) is 38.6 Å². The molecule has 0 spiro atoms. The van der Waals surface area contributed by atoms with Crippen molar-refractivity contribution < 1.29 is 23.8 Å². The molecule has 0 bridgehead atoms. The number of ketones is 1. The summed E-state index contributed by atoms with van der Waals surface area (Å²) in [7, 11) is 3.68. The van der Waals surface area contributed by atoms with Crippen molar-refractivity contribution in [2.24, 2.45) is 0 Å². The van der Waals surface area contributed by atoms with Crippen molar-refractivity contribution >= 4 is 11.7 Å². The molecule has 2 heterocycles. The first-order valence-corrected chi connectivity index (χ1v) is 11.8. The minimum absolute atomic E-state index is 0.00600. The first-order chi connectivity index (χ1) is 16.0. The zero-order valence-electron chi connectivity index (χ0n) is 20.3. The monoisotopic (exact) mass is 459 g/mol. The number of hydrogen-bond acceptors (Lipinski definition) is 7. The normalized spacial score (nSPS) is 20.2. The molecule has 1 aromatic carbocycles. The van der Waals surface area contributed by atoms with E-state index in [4.69, 9.17) is 14.2 Å². The molecule has 1 aromatic rings. The SMILES string of the molecule is CCOc1ccc(C(=O)C=CC(=O)N2CCOC(CN3CCN(C)CC3)C2)c(OC)c1CC. The van der Waals surface area contributed by atoms with Gasteiger partial charge in [0.05, 0.1) is 32.0 Å². The Morgan fingerprint density at radius 2 is 1.88 bits per heavy atom. The number of piperazine rings is 1. The van der Waals surface area contributed by atoms with Crippen LogP contribution >= 0.6 is 0 Å². The molecule has 1 amide bonds. The third-order valence-electron chi connectivity index (χ3n) is 6.23. The Kier molecular flexibility index (Phi) is 9.29. The maximum atomic E-state index is 12.9. The predicted molar refractivity (Wildman–Crippen MR) is 127 cm³/mol. The molecular formula is C25H37N3O5. The first-order valence-electron chi connectivity index (χ1n) is 11.8. The van der Waals surface area contributed by atoms with E-state index >= 15 is 0 Å². The third-order valence-corrected chi connectivity index (χ3v) is 6.23. The number of allylic oxidation sites excluding steroid dienone is 1. The molecule has 182 valence electrons. The molecule has 8 nitrogen and oxygen atoms in total. The van der Waals surface area contributed by atoms with Crippen LogP contribution in [-0.4, -0.2) is 106 Å². The Labute approximate surface area is 197 Å². The fraction of sp³-hybridized carbons (Fsp3) is 0.600. The molecule has 3 rings (SSSR count). The number of ether oxygens (including phenoxy) is 3. The lowest BCUT2D eigenvalue weighted by molar-refractivity contribution is -0.134. The van der Waals surface area contributed by atoms with Crippen LogP contribution in [0.4, 0.5) is 0 Å². The highest BCUT2D eigenvalue weighted by Crippen LogP contribution is 2.33. The fourth-order valence-electron chi connectivity index (χ4n) is 4.35. The van der Waals surface area contributed by atoms with Crippen LogP contribution in [0.3, 0.4) is 0 Å². The van der Waals surface area contributed by atoms with Crippen LogP contribution in [0.5, 0.6) is 11.5 Å². The van der Waals surface area contributed by atoms with Crippen molar-refractivity contribution in [2.75, 3.05) is 73.2 Å². The average Bonchev–Trinajstić information content (AvgIpc) is 2.83. The van der Waals surface area contributed by atoms with Gasteiger partial charge in [-0.25, -0.2) is 0 Å². The molecule has 2 aliphatic heterocycles. The number of likely N-dealkylation sites (N-methyl/N-ethyl adjacent to an activating group) is 1. The van der Waals surface area contributed by atoms with E-state index in [1.807, 2.05) is 13.8 Å². The van der Waals surface area contributed by atoms with Crippen molar-refractivity contribution in [1.29, 1.82) is 0 Å². The number of amides is 1. The summed E-state index contributed by atoms with van der Waals surface area (Å²) in [5.74, 6) is 0.785. The van der Waals surface area contributed by atoms with Crippen LogP contribution in [-0.2, 0) is 16.0 Å². The van der Waals surface area contributed by atoms with Crippen molar-refractivity contribution in [1.82, 2.24) is 14.7 Å². The van der Waals surface area contributed by atoms with E-state index < -0.39 is 0 Å². The number of morpholine rings is 1. The number of benzene rings is 1. The Morgan fingerprint density at radius 3 is 2.55 bits per heavy atom. The second-order valence-corrected chi connectivity index (χ2v) is 8.49. The van der Waals surface area contributed by atoms with Gasteiger partial charge in [0.25, 0.3) is 0 Å². The van der Waals surface area contributed by atoms with Gasteiger partial charge >= 0.3 is 0 Å². The number of methoxy groups -OCH3 is 1. The molecule has 33 heavy (non-hydrogen) atoms. The zero-order chi connectivity index (χ0) is 23.8. The van der Waals surface area contributed by atoms with Gasteiger partial charge in [-0.3, -0.25) is 14.5 Å². The van der Waals surface area contributed by atoms with E-state index in [9.17, 15) is 9.59 Å². The maximum Gasteiger partial charge on any atom is 0.246 e. The van der Waals surface area contributed by atoms with E-state index in [-0.39, 0.29) is 17.8 Å². The molecule has 1 atom stereocenters. The third kappa shape index (κ3) is 6.56. The van der Waals surface area contributed by atoms with E-state index in [0.717, 1.165) is 38.3 Å². The summed E-state index contributed by atoms with van der Waals surface area (Å²) in [6, 6.07) is 3.49. The van der Waals surface area contributed by atoms with Crippen molar-refractivity contribution in [3.63, 3.8) is 0 Å². The lowest BCUT2D eigenvalue weighted by Crippen LogP contribution is -2.52. The van der Waals surface area contributed by atoms with Crippen LogP contribution in [0.15, 0.2) is 24.3 Å². The number of carbonyl (C=O) groups excluding carboxylic acids is 2. The standard InChI is InChI=1S/C25H37N3O5/c1-5-20-23(32-6-2)9-7-21(25(20)31-4)22(29)8-10-24(30)28-15-16-33-19(18-28)17-27-13-11-26(3)12-14-27/h7-10,19H,5-6,11-18H2,1-4H3. The van der Waals surface area contributed by atoms with Crippen LogP contribution in [0.25, 0.3) is 0 Å². The molecular weight excluding hydrogens is 422 g/mol. The highest BCUT2D eigenvalue weighted by atomic mass is 16.5. The van der Waals surface area contributed by atoms with E-state index in [2.05, 4.69) is 16.8 Å². The van der Waals surface area contributed by atoms with E-state index in [1.165, 1.54) is 12.2 Å². The van der Waals surface area contributed by atoms with Gasteiger partial charge in [-0.2, -0.15) is 0 Å². The van der Waals surface area contributed by atoms with Gasteiger partial charge in [0.1, 0.15) is 11.5 Å². The Hall–Kier alpha value is -2.42. The van der Waals surface area contributed by atoms with Gasteiger partial charge in [-0.1, -0.05) is 6.92 Å². The van der Waals surface area contributed by atoms with Gasteiger partial charge in [0.2, 0.25) is 5.91 Å². The molecule has 2 fully saturated rings. The molecule has 0 saturated carbocycles. The van der Waals surface area contributed by atoms with Gasteiger partial charge in [0, 0.05) is 57.5 Å². The van der Waals surface area contributed by atoms with Crippen molar-refractivity contribution in [3.8, 4) is 11.5 Å². The smallest absolute Gasteiger partial charge is 0.246 e. The molecule has 0 N–H and O–H groups in total. The second-order valence-electron chi connectivity index (χ2n) is 8.49. The molecule has 0 aromatic heterocycles. The Balaban J connectivity index is 1.62. The highest BCUT2D eigenvalue weighted by molar-refractivity contribution is 6.09. The molecule has 1 unspecified atom stereocenters. The summed E-state index contributed by atoms with van der Waals surface area (Å²) in [5.41, 5.74) is 1.28. The minimum Gasteiger partial charge on any atom is -0.496 e. The van der Waals surface area contributed by atoms with Crippen molar-refractivity contribution in [3.05, 3.63) is 35.4 Å². The largest absolute Gasteiger partial charge is 0.496 e. The zero-order valence-corrected chi connectivity index (χ0v) is 20.3. The van der Waals surface area contributed by atoms with Gasteiger partial charge in [0.15, 0.2) is 5.78 Å². The molecule has 0 aliphatic carbocycles. The minimum atomic E-state index is -0.264. The maximum absolute atomic E-state index is 12.9. The average molecular weight is 460 g/mol. The molecule has 0 radical (unpaired) electrons. The predicted octanol–water partition coefficient (Wildman–Crippen LogP) is 1.87. The lowest BCUT2D eigenvalue weighted by Gasteiger charge is -2.38. The Morgan fingerprint density at radius 1 is 1.12 bits per heavy atom. The number of nitrogens with zero attached hydrogens (tertiary/aromatic N) is 3. The van der Waals surface area contributed by atoms with Gasteiger partial charge < -0.3 is 24.0 Å². The summed E-state index contributed by atoms with van der Waals surface area (Å²) < 4.78 is 17.1. The van der Waals surface area contributed by atoms with E-state index in [0.29, 0.717) is 49.8 Å². The van der Waals surface area contributed by atoms with Crippen LogP contribution in [0.2, 0.25) is 0 Å². The molecule has 2 saturated heterocycles. The summed E-state index contributed by atoms with van der Waals surface area (Å²) in [4.78, 5) is 32.2. The molecule has 8 heteroatoms. The number of carbonyl (C=O) groups is 2. The summed E-state index contributed by atoms with van der Waals surface area (Å²) in [6.07, 6.45) is 3.37. The quantitative estimate of drug-likeness (QED) is 0.412. The number of hydrogen-bond donors (Lipinski definition) is 0. The van der Waals surface area contributed by atoms with Crippen molar-refractivity contribution in [2.45, 2.75) is 26.4 Å². The first kappa shape index (κ1) is 25.2. The van der Waals surface area contributed by atoms with Crippen LogP contribution in [0, 0.1) is 0 Å². The summed E-state index contributed by atoms with van der Waals surface area (Å²) in [6.45, 7) is 11.0. The molecule has 2 aliphatic rings. The van der Waals surface area contributed by atoms with Crippen LogP contribution < -0.4 is 9.47 Å². The fourth-order valence-corrected chi connectivity index (χ4v) is 4.35. The van der Waals surface area contributed by atoms with Crippen LogP contribution in [0.1, 0.15) is 29.8 Å². The summed E-state index contributed by atoms with van der Waals surface area (Å²) in [5, 5.41) is 0. The lowest BCUT2D eigenvalue weighted by atomic mass is 10.0. The highest BCUT2D eigenvalue weighted by Gasteiger charge is 2.26. The number of rotatable bonds is 9. The second kappa shape index (κ2) is 12.2. The van der Waals surface area contributed by atoms with E-state index in [1.54, 1.807) is 24.1 Å². The topological polar surface area (TPSA) is 71.6 Å². The Bertz CT molecular complexity index is 849.